The van der Waals surface area contributed by atoms with Crippen LogP contribution in [0.4, 0.5) is 15.8 Å². The summed E-state index contributed by atoms with van der Waals surface area (Å²) in [6.07, 6.45) is 0. The average molecular weight is 307 g/mol. The lowest BCUT2D eigenvalue weighted by Gasteiger charge is -2.09. The van der Waals surface area contributed by atoms with E-state index in [9.17, 15) is 14.0 Å². The van der Waals surface area contributed by atoms with Gasteiger partial charge in [0.2, 0.25) is 5.91 Å². The molecular weight excluding hydrogens is 295 g/mol. The van der Waals surface area contributed by atoms with Crippen molar-refractivity contribution >= 4 is 34.8 Å². The Hall–Kier alpha value is -2.40. The monoisotopic (exact) mass is 306 g/mol. The minimum absolute atomic E-state index is 0.000501. The number of carbonyl (C=O) groups is 2. The van der Waals surface area contributed by atoms with Crippen molar-refractivity contribution in [2.24, 2.45) is 0 Å². The molecule has 2 rings (SSSR count). The Kier molecular flexibility index (Phi) is 4.55. The van der Waals surface area contributed by atoms with Crippen LogP contribution in [0.5, 0.6) is 0 Å². The zero-order valence-corrected chi connectivity index (χ0v) is 11.9. The Morgan fingerprint density at radius 1 is 1.10 bits per heavy atom. The summed E-state index contributed by atoms with van der Waals surface area (Å²) in [5.41, 5.74) is 0.661. The molecule has 0 unspecified atom stereocenters. The van der Waals surface area contributed by atoms with Crippen molar-refractivity contribution < 1.29 is 14.0 Å². The fourth-order valence-corrected chi connectivity index (χ4v) is 1.95. The number of amides is 2. The Morgan fingerprint density at radius 2 is 1.81 bits per heavy atom. The summed E-state index contributed by atoms with van der Waals surface area (Å²) in [7, 11) is 0. The van der Waals surface area contributed by atoms with Gasteiger partial charge in [0, 0.05) is 12.6 Å². The molecule has 4 nitrogen and oxygen atoms in total. The second-order valence-electron chi connectivity index (χ2n) is 4.31. The van der Waals surface area contributed by atoms with Gasteiger partial charge in [-0.2, -0.15) is 0 Å². The van der Waals surface area contributed by atoms with E-state index in [0.29, 0.717) is 16.3 Å². The van der Waals surface area contributed by atoms with E-state index in [2.05, 4.69) is 10.6 Å². The summed E-state index contributed by atoms with van der Waals surface area (Å²) in [6, 6.07) is 10.5. The van der Waals surface area contributed by atoms with Crippen LogP contribution in [0.2, 0.25) is 5.02 Å². The summed E-state index contributed by atoms with van der Waals surface area (Å²) in [6.45, 7) is 1.27. The molecule has 0 saturated carbocycles. The van der Waals surface area contributed by atoms with E-state index in [1.807, 2.05) is 0 Å². The van der Waals surface area contributed by atoms with Crippen LogP contribution in [0.15, 0.2) is 42.5 Å². The second kappa shape index (κ2) is 6.37. The molecule has 6 heteroatoms. The number of carbonyl (C=O) groups excluding carboxylic acids is 2. The highest BCUT2D eigenvalue weighted by molar-refractivity contribution is 6.34. The normalized spacial score (nSPS) is 10.0. The summed E-state index contributed by atoms with van der Waals surface area (Å²) in [4.78, 5) is 23.1. The number of anilines is 2. The highest BCUT2D eigenvalue weighted by atomic mass is 35.5. The van der Waals surface area contributed by atoms with Crippen molar-refractivity contribution in [3.8, 4) is 0 Å². The van der Waals surface area contributed by atoms with Gasteiger partial charge in [-0.05, 0) is 30.3 Å². The third kappa shape index (κ3) is 3.79. The van der Waals surface area contributed by atoms with Gasteiger partial charge >= 0.3 is 0 Å². The summed E-state index contributed by atoms with van der Waals surface area (Å²) in [5.74, 6) is -1.40. The lowest BCUT2D eigenvalue weighted by atomic mass is 10.2. The lowest BCUT2D eigenvalue weighted by Crippen LogP contribution is -2.13. The summed E-state index contributed by atoms with van der Waals surface area (Å²) >= 11 is 5.93. The molecule has 0 aliphatic carbocycles. The lowest BCUT2D eigenvalue weighted by molar-refractivity contribution is -0.114. The Bertz CT molecular complexity index is 704. The minimum Gasteiger partial charge on any atom is -0.324 e. The quantitative estimate of drug-likeness (QED) is 0.908. The molecule has 0 saturated heterocycles. The predicted molar refractivity (Wildman–Crippen MR) is 80.1 cm³/mol. The number of rotatable bonds is 3. The zero-order valence-electron chi connectivity index (χ0n) is 11.1. The van der Waals surface area contributed by atoms with Crippen molar-refractivity contribution in [3.63, 3.8) is 0 Å². The van der Waals surface area contributed by atoms with Crippen LogP contribution >= 0.6 is 11.6 Å². The molecule has 2 aromatic rings. The maximum Gasteiger partial charge on any atom is 0.257 e. The van der Waals surface area contributed by atoms with Gasteiger partial charge in [0.1, 0.15) is 5.82 Å². The van der Waals surface area contributed by atoms with Gasteiger partial charge in [-0.25, -0.2) is 4.39 Å². The van der Waals surface area contributed by atoms with E-state index in [1.165, 1.54) is 19.1 Å². The van der Waals surface area contributed by atoms with Gasteiger partial charge in [0.15, 0.2) is 0 Å². The molecule has 0 spiro atoms. The fourth-order valence-electron chi connectivity index (χ4n) is 1.73. The molecule has 0 aliphatic heterocycles. The van der Waals surface area contributed by atoms with Gasteiger partial charge in [0.25, 0.3) is 5.91 Å². The van der Waals surface area contributed by atoms with Crippen molar-refractivity contribution in [1.29, 1.82) is 0 Å². The summed E-state index contributed by atoms with van der Waals surface area (Å²) in [5, 5.41) is 5.26. The van der Waals surface area contributed by atoms with Crippen molar-refractivity contribution in [2.75, 3.05) is 10.6 Å². The Labute approximate surface area is 125 Å². The minimum atomic E-state index is -0.582. The van der Waals surface area contributed by atoms with Crippen LogP contribution in [0, 0.1) is 5.82 Å². The molecule has 21 heavy (non-hydrogen) atoms. The molecule has 0 radical (unpaired) electrons. The first-order valence-electron chi connectivity index (χ1n) is 6.10. The number of hydrogen-bond donors (Lipinski definition) is 2. The van der Waals surface area contributed by atoms with Gasteiger partial charge < -0.3 is 10.6 Å². The van der Waals surface area contributed by atoms with Crippen LogP contribution in [0.1, 0.15) is 17.3 Å². The Morgan fingerprint density at radius 3 is 2.48 bits per heavy atom. The van der Waals surface area contributed by atoms with E-state index >= 15 is 0 Å². The van der Waals surface area contributed by atoms with Crippen LogP contribution in [-0.2, 0) is 4.79 Å². The number of halogens is 2. The smallest absolute Gasteiger partial charge is 0.257 e. The second-order valence-corrected chi connectivity index (χ2v) is 4.72. The third-order valence-electron chi connectivity index (χ3n) is 2.65. The first-order chi connectivity index (χ1) is 9.97. The Balaban J connectivity index is 2.22. The molecule has 0 aliphatic rings. The van der Waals surface area contributed by atoms with Gasteiger partial charge in [-0.1, -0.05) is 23.7 Å². The molecule has 2 amide bonds. The molecule has 2 N–H and O–H groups in total. The first-order valence-corrected chi connectivity index (χ1v) is 6.48. The van der Waals surface area contributed by atoms with E-state index < -0.39 is 17.6 Å². The molecule has 0 bridgehead atoms. The topological polar surface area (TPSA) is 58.2 Å². The van der Waals surface area contributed by atoms with Crippen LogP contribution in [0.3, 0.4) is 0 Å². The van der Waals surface area contributed by atoms with Gasteiger partial charge in [0.05, 0.1) is 16.3 Å². The summed E-state index contributed by atoms with van der Waals surface area (Å²) < 4.78 is 13.5. The molecule has 0 fully saturated rings. The van der Waals surface area contributed by atoms with Crippen LogP contribution in [0.25, 0.3) is 0 Å². The number of nitrogens with one attached hydrogen (secondary N) is 2. The van der Waals surface area contributed by atoms with E-state index in [1.54, 1.807) is 24.3 Å². The van der Waals surface area contributed by atoms with Gasteiger partial charge in [-0.15, -0.1) is 0 Å². The first kappa shape index (κ1) is 15.0. The maximum absolute atomic E-state index is 13.5. The van der Waals surface area contributed by atoms with E-state index in [-0.39, 0.29) is 5.69 Å². The fraction of sp³-hybridized carbons (Fsp3) is 0.0667. The SMILES string of the molecule is CC(=O)Nc1cc(NC(=O)c2ccccc2Cl)ccc1F. The van der Waals surface area contributed by atoms with Gasteiger partial charge in [-0.3, -0.25) is 9.59 Å². The molecular formula is C15H12ClFN2O2. The molecule has 108 valence electrons. The van der Waals surface area contributed by atoms with Crippen LogP contribution in [-0.4, -0.2) is 11.8 Å². The van der Waals surface area contributed by atoms with Crippen molar-refractivity contribution in [3.05, 3.63) is 58.9 Å². The third-order valence-corrected chi connectivity index (χ3v) is 2.98. The maximum atomic E-state index is 13.5. The van der Waals surface area contributed by atoms with Crippen LogP contribution < -0.4 is 10.6 Å². The number of benzene rings is 2. The highest BCUT2D eigenvalue weighted by Gasteiger charge is 2.11. The zero-order chi connectivity index (χ0) is 15.4. The largest absolute Gasteiger partial charge is 0.324 e. The van der Waals surface area contributed by atoms with Crippen molar-refractivity contribution in [2.45, 2.75) is 6.92 Å². The van der Waals surface area contributed by atoms with E-state index in [0.717, 1.165) is 6.07 Å². The average Bonchev–Trinajstić information content (AvgIpc) is 2.42. The standard InChI is InChI=1S/C15H12ClFN2O2/c1-9(20)18-14-8-10(6-7-13(14)17)19-15(21)11-4-2-3-5-12(11)16/h2-8H,1H3,(H,18,20)(H,19,21). The number of hydrogen-bond acceptors (Lipinski definition) is 2. The molecule has 2 aromatic carbocycles. The molecule has 0 atom stereocenters. The molecule has 0 heterocycles. The van der Waals surface area contributed by atoms with Crippen molar-refractivity contribution in [1.82, 2.24) is 0 Å². The molecule has 0 aromatic heterocycles. The van der Waals surface area contributed by atoms with E-state index in [4.69, 9.17) is 11.6 Å². The predicted octanol–water partition coefficient (Wildman–Crippen LogP) is 3.69. The highest BCUT2D eigenvalue weighted by Crippen LogP contribution is 2.21.